The number of rotatable bonds is 2. The van der Waals surface area contributed by atoms with Crippen molar-refractivity contribution in [1.82, 2.24) is 9.88 Å². The highest BCUT2D eigenvalue weighted by molar-refractivity contribution is 9.10. The maximum absolute atomic E-state index is 12.4. The highest BCUT2D eigenvalue weighted by atomic mass is 79.9. The molecule has 1 saturated heterocycles. The standard InChI is InChI=1S/C13H18BrN3O2/c1-8(18)9-2-4-17(5-3-9)13(19)11-6-10(14)7-16-12(11)15/h6-9,18H,2-5H2,1H3,(H2,15,16). The minimum Gasteiger partial charge on any atom is -0.393 e. The lowest BCUT2D eigenvalue weighted by Gasteiger charge is -2.33. The molecule has 1 unspecified atom stereocenters. The van der Waals surface area contributed by atoms with Crippen LogP contribution in [0.25, 0.3) is 0 Å². The van der Waals surface area contributed by atoms with Gasteiger partial charge in [0.2, 0.25) is 0 Å². The summed E-state index contributed by atoms with van der Waals surface area (Å²) in [6, 6.07) is 1.70. The first-order valence-corrected chi connectivity index (χ1v) is 7.16. The molecule has 1 aliphatic heterocycles. The van der Waals surface area contributed by atoms with Crippen LogP contribution >= 0.6 is 15.9 Å². The van der Waals surface area contributed by atoms with Crippen molar-refractivity contribution in [3.8, 4) is 0 Å². The molecule has 5 nitrogen and oxygen atoms in total. The number of likely N-dealkylation sites (tertiary alicyclic amines) is 1. The van der Waals surface area contributed by atoms with E-state index in [-0.39, 0.29) is 23.7 Å². The second-order valence-electron chi connectivity index (χ2n) is 4.96. The zero-order chi connectivity index (χ0) is 14.0. The number of pyridine rings is 1. The first-order chi connectivity index (χ1) is 8.99. The highest BCUT2D eigenvalue weighted by Gasteiger charge is 2.27. The van der Waals surface area contributed by atoms with Gasteiger partial charge in [-0.1, -0.05) is 0 Å². The van der Waals surface area contributed by atoms with Crippen LogP contribution in [0.5, 0.6) is 0 Å². The Bertz CT molecular complexity index is 471. The van der Waals surface area contributed by atoms with Gasteiger partial charge in [0.15, 0.2) is 0 Å². The minimum absolute atomic E-state index is 0.0876. The third-order valence-corrected chi connectivity index (χ3v) is 4.06. The topological polar surface area (TPSA) is 79.5 Å². The Hall–Kier alpha value is -1.14. The molecule has 0 aromatic carbocycles. The molecular weight excluding hydrogens is 310 g/mol. The summed E-state index contributed by atoms with van der Waals surface area (Å²) in [6.45, 7) is 3.11. The zero-order valence-electron chi connectivity index (χ0n) is 10.8. The molecule has 1 atom stereocenters. The molecule has 0 radical (unpaired) electrons. The number of aliphatic hydroxyl groups excluding tert-OH is 1. The molecule has 19 heavy (non-hydrogen) atoms. The second kappa shape index (κ2) is 5.88. The average molecular weight is 328 g/mol. The number of hydrogen-bond donors (Lipinski definition) is 2. The molecule has 1 aromatic rings. The number of anilines is 1. The molecule has 0 bridgehead atoms. The summed E-state index contributed by atoms with van der Waals surface area (Å²) in [4.78, 5) is 18.1. The third-order valence-electron chi connectivity index (χ3n) is 3.62. The number of hydrogen-bond acceptors (Lipinski definition) is 4. The number of piperidine rings is 1. The van der Waals surface area contributed by atoms with E-state index >= 15 is 0 Å². The first kappa shape index (κ1) is 14.3. The Morgan fingerprint density at radius 3 is 2.79 bits per heavy atom. The summed E-state index contributed by atoms with van der Waals surface area (Å²) in [5.74, 6) is 0.447. The molecule has 6 heteroatoms. The van der Waals surface area contributed by atoms with Crippen molar-refractivity contribution in [3.63, 3.8) is 0 Å². The second-order valence-corrected chi connectivity index (χ2v) is 5.87. The van der Waals surface area contributed by atoms with Gasteiger partial charge in [0.1, 0.15) is 5.82 Å². The molecule has 2 rings (SSSR count). The van der Waals surface area contributed by atoms with Crippen molar-refractivity contribution >= 4 is 27.7 Å². The summed E-state index contributed by atoms with van der Waals surface area (Å²) >= 11 is 3.30. The summed E-state index contributed by atoms with van der Waals surface area (Å²) < 4.78 is 0.740. The predicted molar refractivity (Wildman–Crippen MR) is 76.7 cm³/mol. The van der Waals surface area contributed by atoms with Crippen LogP contribution in [0, 0.1) is 5.92 Å². The van der Waals surface area contributed by atoms with E-state index in [4.69, 9.17) is 5.73 Å². The van der Waals surface area contributed by atoms with Crippen LogP contribution in [0.2, 0.25) is 0 Å². The molecule has 1 aromatic heterocycles. The number of aromatic nitrogens is 1. The van der Waals surface area contributed by atoms with E-state index in [1.54, 1.807) is 24.1 Å². The summed E-state index contributed by atoms with van der Waals surface area (Å²) in [5, 5.41) is 9.56. The van der Waals surface area contributed by atoms with E-state index in [2.05, 4.69) is 20.9 Å². The van der Waals surface area contributed by atoms with Crippen molar-refractivity contribution in [2.45, 2.75) is 25.9 Å². The molecule has 0 spiro atoms. The van der Waals surface area contributed by atoms with E-state index in [0.29, 0.717) is 18.7 Å². The molecule has 0 saturated carbocycles. The number of nitrogen functional groups attached to an aromatic ring is 1. The smallest absolute Gasteiger partial charge is 0.257 e. The summed E-state index contributed by atoms with van der Waals surface area (Å²) in [7, 11) is 0. The highest BCUT2D eigenvalue weighted by Crippen LogP contribution is 2.24. The van der Waals surface area contributed by atoms with Gasteiger partial charge in [-0.25, -0.2) is 4.98 Å². The fraction of sp³-hybridized carbons (Fsp3) is 0.538. The van der Waals surface area contributed by atoms with Gasteiger partial charge in [0, 0.05) is 23.8 Å². The predicted octanol–water partition coefficient (Wildman–Crippen LogP) is 1.66. The van der Waals surface area contributed by atoms with Gasteiger partial charge in [-0.15, -0.1) is 0 Å². The molecule has 0 aliphatic carbocycles. The normalized spacial score (nSPS) is 18.4. The van der Waals surface area contributed by atoms with Gasteiger partial charge >= 0.3 is 0 Å². The fourth-order valence-electron chi connectivity index (χ4n) is 2.38. The molecular formula is C13H18BrN3O2. The number of amides is 1. The number of halogens is 1. The van der Waals surface area contributed by atoms with Gasteiger partial charge < -0.3 is 15.7 Å². The lowest BCUT2D eigenvalue weighted by molar-refractivity contribution is 0.0522. The van der Waals surface area contributed by atoms with Crippen LogP contribution in [0.3, 0.4) is 0 Å². The summed E-state index contributed by atoms with van der Waals surface area (Å²) in [5.41, 5.74) is 6.19. The number of nitrogens with two attached hydrogens (primary N) is 1. The molecule has 1 fully saturated rings. The Kier molecular flexibility index (Phi) is 4.42. The van der Waals surface area contributed by atoms with Crippen LogP contribution in [0.1, 0.15) is 30.1 Å². The Labute approximate surface area is 120 Å². The molecule has 2 heterocycles. The van der Waals surface area contributed by atoms with Crippen molar-refractivity contribution < 1.29 is 9.90 Å². The van der Waals surface area contributed by atoms with E-state index in [1.165, 1.54) is 0 Å². The molecule has 3 N–H and O–H groups in total. The quantitative estimate of drug-likeness (QED) is 0.865. The number of nitrogens with zero attached hydrogens (tertiary/aromatic N) is 2. The van der Waals surface area contributed by atoms with Crippen LogP contribution in [0.4, 0.5) is 5.82 Å². The fourth-order valence-corrected chi connectivity index (χ4v) is 2.71. The molecule has 104 valence electrons. The Balaban J connectivity index is 2.07. The van der Waals surface area contributed by atoms with Gasteiger partial charge in [-0.3, -0.25) is 4.79 Å². The number of carbonyl (C=O) groups is 1. The monoisotopic (exact) mass is 327 g/mol. The van der Waals surface area contributed by atoms with Crippen molar-refractivity contribution in [3.05, 3.63) is 22.3 Å². The maximum atomic E-state index is 12.4. The van der Waals surface area contributed by atoms with Crippen molar-refractivity contribution in [1.29, 1.82) is 0 Å². The van der Waals surface area contributed by atoms with E-state index < -0.39 is 0 Å². The SMILES string of the molecule is CC(O)C1CCN(C(=O)c2cc(Br)cnc2N)CC1. The van der Waals surface area contributed by atoms with E-state index in [9.17, 15) is 9.90 Å². The third kappa shape index (κ3) is 3.25. The van der Waals surface area contributed by atoms with Crippen LogP contribution < -0.4 is 5.73 Å². The molecule has 1 amide bonds. The van der Waals surface area contributed by atoms with Gasteiger partial charge in [0.25, 0.3) is 5.91 Å². The van der Waals surface area contributed by atoms with Crippen LogP contribution in [-0.2, 0) is 0 Å². The maximum Gasteiger partial charge on any atom is 0.257 e. The van der Waals surface area contributed by atoms with Gasteiger partial charge in [-0.2, -0.15) is 0 Å². The lowest BCUT2D eigenvalue weighted by atomic mass is 9.92. The van der Waals surface area contributed by atoms with Crippen molar-refractivity contribution in [2.75, 3.05) is 18.8 Å². The Morgan fingerprint density at radius 2 is 2.21 bits per heavy atom. The van der Waals surface area contributed by atoms with E-state index in [1.807, 2.05) is 0 Å². The lowest BCUT2D eigenvalue weighted by Crippen LogP contribution is -2.41. The van der Waals surface area contributed by atoms with Crippen LogP contribution in [0.15, 0.2) is 16.7 Å². The van der Waals surface area contributed by atoms with Gasteiger partial charge in [0.05, 0.1) is 11.7 Å². The van der Waals surface area contributed by atoms with Crippen LogP contribution in [-0.4, -0.2) is 40.1 Å². The average Bonchev–Trinajstić information content (AvgIpc) is 2.41. The zero-order valence-corrected chi connectivity index (χ0v) is 12.4. The number of aliphatic hydroxyl groups is 1. The van der Waals surface area contributed by atoms with Crippen molar-refractivity contribution in [2.24, 2.45) is 5.92 Å². The van der Waals surface area contributed by atoms with Gasteiger partial charge in [-0.05, 0) is 47.7 Å². The van der Waals surface area contributed by atoms with E-state index in [0.717, 1.165) is 17.3 Å². The minimum atomic E-state index is -0.310. The molecule has 1 aliphatic rings. The number of carbonyl (C=O) groups excluding carboxylic acids is 1. The first-order valence-electron chi connectivity index (χ1n) is 6.37. The summed E-state index contributed by atoms with van der Waals surface area (Å²) in [6.07, 6.45) is 2.91. The Morgan fingerprint density at radius 1 is 1.58 bits per heavy atom. The largest absolute Gasteiger partial charge is 0.393 e.